The molecule has 0 radical (unpaired) electrons. The van der Waals surface area contributed by atoms with Gasteiger partial charge >= 0.3 is 5.97 Å². The van der Waals surface area contributed by atoms with Gasteiger partial charge in [0.15, 0.2) is 0 Å². The van der Waals surface area contributed by atoms with Crippen molar-refractivity contribution in [2.45, 2.75) is 32.7 Å². The molecule has 4 nitrogen and oxygen atoms in total. The Morgan fingerprint density at radius 1 is 1.07 bits per heavy atom. The average Bonchev–Trinajstić information content (AvgIpc) is 2.66. The molecule has 2 aromatic carbocycles. The zero-order valence-corrected chi connectivity index (χ0v) is 17.1. The summed E-state index contributed by atoms with van der Waals surface area (Å²) in [4.78, 5) is 25.9. The SMILES string of the molecule is CCOC(=O)CCC(=O)N(CCc1ccc(Cl)cc1Cl)Cc1ccc(F)cc1. The van der Waals surface area contributed by atoms with Crippen molar-refractivity contribution in [3.63, 3.8) is 0 Å². The van der Waals surface area contributed by atoms with Crippen LogP contribution in [0, 0.1) is 5.82 Å². The van der Waals surface area contributed by atoms with Crippen molar-refractivity contribution in [1.29, 1.82) is 0 Å². The van der Waals surface area contributed by atoms with Crippen LogP contribution in [-0.4, -0.2) is 29.9 Å². The molecule has 0 saturated heterocycles. The molecule has 0 aliphatic rings. The van der Waals surface area contributed by atoms with Crippen LogP contribution in [0.2, 0.25) is 10.0 Å². The maximum atomic E-state index is 13.2. The van der Waals surface area contributed by atoms with Crippen LogP contribution in [0.15, 0.2) is 42.5 Å². The molecule has 28 heavy (non-hydrogen) atoms. The van der Waals surface area contributed by atoms with E-state index >= 15 is 0 Å². The number of halogens is 3. The molecule has 0 saturated carbocycles. The first-order valence-electron chi connectivity index (χ1n) is 9.00. The number of ether oxygens (including phenoxy) is 1. The molecular weight excluding hydrogens is 404 g/mol. The smallest absolute Gasteiger partial charge is 0.306 e. The van der Waals surface area contributed by atoms with Gasteiger partial charge in [0.05, 0.1) is 13.0 Å². The first kappa shape index (κ1) is 22.2. The minimum Gasteiger partial charge on any atom is -0.466 e. The van der Waals surface area contributed by atoms with Crippen LogP contribution < -0.4 is 0 Å². The van der Waals surface area contributed by atoms with Crippen LogP contribution in [0.1, 0.15) is 30.9 Å². The summed E-state index contributed by atoms with van der Waals surface area (Å²) in [7, 11) is 0. The van der Waals surface area contributed by atoms with Crippen molar-refractivity contribution in [3.05, 3.63) is 69.5 Å². The average molecular weight is 426 g/mol. The summed E-state index contributed by atoms with van der Waals surface area (Å²) in [6.45, 7) is 2.71. The van der Waals surface area contributed by atoms with E-state index in [4.69, 9.17) is 27.9 Å². The normalized spacial score (nSPS) is 10.6. The van der Waals surface area contributed by atoms with Crippen molar-refractivity contribution >= 4 is 35.1 Å². The van der Waals surface area contributed by atoms with Crippen LogP contribution >= 0.6 is 23.2 Å². The Kier molecular flexibility index (Phi) is 8.74. The maximum Gasteiger partial charge on any atom is 0.306 e. The Morgan fingerprint density at radius 3 is 2.43 bits per heavy atom. The van der Waals surface area contributed by atoms with E-state index in [0.29, 0.717) is 29.6 Å². The monoisotopic (exact) mass is 425 g/mol. The summed E-state index contributed by atoms with van der Waals surface area (Å²) >= 11 is 12.1. The van der Waals surface area contributed by atoms with Gasteiger partial charge in [-0.05, 0) is 48.7 Å². The van der Waals surface area contributed by atoms with Gasteiger partial charge in [-0.3, -0.25) is 9.59 Å². The Labute approximate surface area is 174 Å². The molecule has 0 aliphatic heterocycles. The van der Waals surface area contributed by atoms with Crippen molar-refractivity contribution < 1.29 is 18.7 Å². The van der Waals surface area contributed by atoms with E-state index < -0.39 is 5.97 Å². The van der Waals surface area contributed by atoms with Gasteiger partial charge in [-0.15, -0.1) is 0 Å². The lowest BCUT2D eigenvalue weighted by Crippen LogP contribution is -2.33. The van der Waals surface area contributed by atoms with Crippen LogP contribution in [0.5, 0.6) is 0 Å². The van der Waals surface area contributed by atoms with Crippen LogP contribution in [0.4, 0.5) is 4.39 Å². The highest BCUT2D eigenvalue weighted by Crippen LogP contribution is 2.22. The summed E-state index contributed by atoms with van der Waals surface area (Å²) in [5.41, 5.74) is 1.67. The highest BCUT2D eigenvalue weighted by atomic mass is 35.5. The highest BCUT2D eigenvalue weighted by Gasteiger charge is 2.17. The van der Waals surface area contributed by atoms with Gasteiger partial charge in [-0.25, -0.2) is 4.39 Å². The lowest BCUT2D eigenvalue weighted by atomic mass is 10.1. The van der Waals surface area contributed by atoms with Gasteiger partial charge in [0.1, 0.15) is 5.82 Å². The highest BCUT2D eigenvalue weighted by molar-refractivity contribution is 6.35. The molecule has 0 N–H and O–H groups in total. The van der Waals surface area contributed by atoms with Gasteiger partial charge in [0, 0.05) is 29.6 Å². The topological polar surface area (TPSA) is 46.6 Å². The van der Waals surface area contributed by atoms with E-state index in [0.717, 1.165) is 11.1 Å². The molecule has 7 heteroatoms. The number of nitrogens with zero attached hydrogens (tertiary/aromatic N) is 1. The third kappa shape index (κ3) is 7.13. The first-order chi connectivity index (χ1) is 13.4. The molecule has 0 aromatic heterocycles. The van der Waals surface area contributed by atoms with E-state index in [1.54, 1.807) is 36.1 Å². The van der Waals surface area contributed by atoms with Crippen molar-refractivity contribution in [3.8, 4) is 0 Å². The zero-order chi connectivity index (χ0) is 20.5. The number of esters is 1. The quantitative estimate of drug-likeness (QED) is 0.528. The Balaban J connectivity index is 2.06. The molecule has 150 valence electrons. The molecule has 2 rings (SSSR count). The minimum absolute atomic E-state index is 0.0221. The standard InChI is InChI=1S/C21H22Cl2FNO3/c1-2-28-21(27)10-9-20(26)25(14-15-3-7-18(24)8-4-15)12-11-16-5-6-17(22)13-19(16)23/h3-8,13H,2,9-12,14H2,1H3. The second-order valence-corrected chi connectivity index (χ2v) is 7.08. The predicted octanol–water partition coefficient (Wildman–Crippen LogP) is 5.05. The lowest BCUT2D eigenvalue weighted by molar-refractivity contribution is -0.145. The molecule has 2 aromatic rings. The predicted molar refractivity (Wildman–Crippen MR) is 108 cm³/mol. The van der Waals surface area contributed by atoms with Gasteiger partial charge in [0.2, 0.25) is 5.91 Å². The summed E-state index contributed by atoms with van der Waals surface area (Å²) in [5.74, 6) is -0.919. The van der Waals surface area contributed by atoms with Gasteiger partial charge in [-0.2, -0.15) is 0 Å². The summed E-state index contributed by atoms with van der Waals surface area (Å²) in [5, 5.41) is 1.08. The van der Waals surface area contributed by atoms with Crippen LogP contribution in [0.3, 0.4) is 0 Å². The molecule has 0 spiro atoms. The number of carbonyl (C=O) groups excluding carboxylic acids is 2. The van der Waals surface area contributed by atoms with E-state index in [1.165, 1.54) is 12.1 Å². The lowest BCUT2D eigenvalue weighted by Gasteiger charge is -2.23. The van der Waals surface area contributed by atoms with E-state index in [2.05, 4.69) is 0 Å². The van der Waals surface area contributed by atoms with Crippen LogP contribution in [0.25, 0.3) is 0 Å². The molecule has 0 bridgehead atoms. The Hall–Kier alpha value is -2.11. The van der Waals surface area contributed by atoms with Crippen LogP contribution in [-0.2, 0) is 27.3 Å². The van der Waals surface area contributed by atoms with Gasteiger partial charge < -0.3 is 9.64 Å². The maximum absolute atomic E-state index is 13.2. The molecule has 0 fully saturated rings. The van der Waals surface area contributed by atoms with Crippen molar-refractivity contribution in [1.82, 2.24) is 4.90 Å². The Bertz CT molecular complexity index is 812. The number of benzene rings is 2. The third-order valence-corrected chi connectivity index (χ3v) is 4.74. The number of rotatable bonds is 9. The molecule has 0 unspecified atom stereocenters. The number of hydrogen-bond acceptors (Lipinski definition) is 3. The van der Waals surface area contributed by atoms with E-state index in [1.807, 2.05) is 6.07 Å². The van der Waals surface area contributed by atoms with Gasteiger partial charge in [-0.1, -0.05) is 41.4 Å². The summed E-state index contributed by atoms with van der Waals surface area (Å²) < 4.78 is 18.0. The van der Waals surface area contributed by atoms with E-state index in [-0.39, 0.29) is 31.2 Å². The molecule has 0 aliphatic carbocycles. The van der Waals surface area contributed by atoms with E-state index in [9.17, 15) is 14.0 Å². The number of hydrogen-bond donors (Lipinski definition) is 0. The largest absolute Gasteiger partial charge is 0.466 e. The minimum atomic E-state index is -0.404. The first-order valence-corrected chi connectivity index (χ1v) is 9.76. The third-order valence-electron chi connectivity index (χ3n) is 4.15. The fourth-order valence-corrected chi connectivity index (χ4v) is 3.19. The Morgan fingerprint density at radius 2 is 1.79 bits per heavy atom. The number of carbonyl (C=O) groups is 2. The zero-order valence-electron chi connectivity index (χ0n) is 15.6. The summed E-state index contributed by atoms with van der Waals surface area (Å²) in [6, 6.07) is 11.2. The second-order valence-electron chi connectivity index (χ2n) is 6.23. The van der Waals surface area contributed by atoms with Crippen molar-refractivity contribution in [2.24, 2.45) is 0 Å². The fraction of sp³-hybridized carbons (Fsp3) is 0.333. The molecule has 0 heterocycles. The fourth-order valence-electron chi connectivity index (χ4n) is 2.68. The number of amides is 1. The second kappa shape index (κ2) is 11.0. The van der Waals surface area contributed by atoms with Gasteiger partial charge in [0.25, 0.3) is 0 Å². The molecular formula is C21H22Cl2FNO3. The van der Waals surface area contributed by atoms with Crippen molar-refractivity contribution in [2.75, 3.05) is 13.2 Å². The summed E-state index contributed by atoms with van der Waals surface area (Å²) in [6.07, 6.45) is 0.602. The molecule has 1 amide bonds. The molecule has 0 atom stereocenters.